The number of aliphatic hydroxyl groups excluding tert-OH is 1. The van der Waals surface area contributed by atoms with E-state index in [4.69, 9.17) is 21.1 Å². The summed E-state index contributed by atoms with van der Waals surface area (Å²) < 4.78 is 10.5. The summed E-state index contributed by atoms with van der Waals surface area (Å²) in [5.41, 5.74) is 1.52. The van der Waals surface area contributed by atoms with Crippen LogP contribution < -0.4 is 4.74 Å². The van der Waals surface area contributed by atoms with Gasteiger partial charge in [-0.1, -0.05) is 35.9 Å². The molecule has 0 heterocycles. The van der Waals surface area contributed by atoms with Crippen molar-refractivity contribution in [2.24, 2.45) is 0 Å². The number of hydrogen-bond acceptors (Lipinski definition) is 4. The molecule has 0 aromatic heterocycles. The molecule has 0 spiro atoms. The second-order valence-electron chi connectivity index (χ2n) is 5.66. The summed E-state index contributed by atoms with van der Waals surface area (Å²) in [4.78, 5) is 11.4. The molecule has 0 radical (unpaired) electrons. The van der Waals surface area contributed by atoms with Crippen LogP contribution in [0, 0.1) is 0 Å². The molecule has 2 rings (SSSR count). The van der Waals surface area contributed by atoms with E-state index in [2.05, 4.69) is 0 Å². The molecule has 0 saturated heterocycles. The highest BCUT2D eigenvalue weighted by molar-refractivity contribution is 6.30. The number of aliphatic hydroxyl groups is 1. The van der Waals surface area contributed by atoms with Crippen molar-refractivity contribution in [2.45, 2.75) is 32.5 Å². The van der Waals surface area contributed by atoms with Gasteiger partial charge >= 0.3 is 5.97 Å². The second kappa shape index (κ2) is 8.71. The third kappa shape index (κ3) is 5.55. The van der Waals surface area contributed by atoms with Crippen LogP contribution in [0.3, 0.4) is 0 Å². The first kappa shape index (κ1) is 18.3. The van der Waals surface area contributed by atoms with Crippen LogP contribution in [0.5, 0.6) is 5.75 Å². The summed E-state index contributed by atoms with van der Waals surface area (Å²) in [5.74, 6) is 0.360. The van der Waals surface area contributed by atoms with Crippen LogP contribution >= 0.6 is 11.6 Å². The summed E-state index contributed by atoms with van der Waals surface area (Å²) in [6, 6.07) is 14.2. The van der Waals surface area contributed by atoms with Crippen LogP contribution in [0.15, 0.2) is 48.5 Å². The highest BCUT2D eigenvalue weighted by Crippen LogP contribution is 2.25. The van der Waals surface area contributed by atoms with Gasteiger partial charge in [0.1, 0.15) is 11.9 Å². The van der Waals surface area contributed by atoms with Crippen molar-refractivity contribution in [3.63, 3.8) is 0 Å². The lowest BCUT2D eigenvalue weighted by atomic mass is 10.0. The maximum absolute atomic E-state index is 11.4. The van der Waals surface area contributed by atoms with E-state index >= 15 is 0 Å². The fourth-order valence-electron chi connectivity index (χ4n) is 2.16. The predicted octanol–water partition coefficient (Wildman–Crippen LogP) is 4.14. The third-order valence-electron chi connectivity index (χ3n) is 3.32. The summed E-state index contributed by atoms with van der Waals surface area (Å²) in [6.07, 6.45) is -0.642. The zero-order valence-corrected chi connectivity index (χ0v) is 14.5. The average Bonchev–Trinajstić information content (AvgIpc) is 2.55. The van der Waals surface area contributed by atoms with Gasteiger partial charge in [-0.2, -0.15) is 0 Å². The lowest BCUT2D eigenvalue weighted by Crippen LogP contribution is -2.14. The molecule has 0 aliphatic carbocycles. The van der Waals surface area contributed by atoms with Gasteiger partial charge in [0.2, 0.25) is 0 Å². The topological polar surface area (TPSA) is 55.8 Å². The van der Waals surface area contributed by atoms with E-state index in [1.807, 2.05) is 13.8 Å². The Morgan fingerprint density at radius 3 is 2.12 bits per heavy atom. The number of rotatable bonds is 7. The molecule has 128 valence electrons. The fourth-order valence-corrected chi connectivity index (χ4v) is 2.28. The molecule has 2 aromatic carbocycles. The largest absolute Gasteiger partial charge is 0.493 e. The number of carbonyl (C=O) groups is 1. The van der Waals surface area contributed by atoms with Crippen LogP contribution in [0.1, 0.15) is 37.5 Å². The van der Waals surface area contributed by atoms with Gasteiger partial charge in [0.15, 0.2) is 0 Å². The number of halogens is 1. The van der Waals surface area contributed by atoms with Crippen molar-refractivity contribution in [3.8, 4) is 5.75 Å². The SMILES string of the molecule is CC(C)OC(=O)CCOc1ccc(C(O)c2ccc(Cl)cc2)cc1. The number of carbonyl (C=O) groups excluding carboxylic acids is 1. The fraction of sp³-hybridized carbons (Fsp3) is 0.316. The Morgan fingerprint density at radius 1 is 1.04 bits per heavy atom. The predicted molar refractivity (Wildman–Crippen MR) is 93.3 cm³/mol. The number of hydrogen-bond donors (Lipinski definition) is 1. The molecule has 1 atom stereocenters. The first-order valence-electron chi connectivity index (χ1n) is 7.81. The Hall–Kier alpha value is -2.04. The normalized spacial score (nSPS) is 12.0. The molecule has 0 aliphatic rings. The van der Waals surface area contributed by atoms with E-state index in [0.717, 1.165) is 11.1 Å². The summed E-state index contributed by atoms with van der Waals surface area (Å²) in [7, 11) is 0. The minimum absolute atomic E-state index is 0.119. The summed E-state index contributed by atoms with van der Waals surface area (Å²) in [5, 5.41) is 11.0. The highest BCUT2D eigenvalue weighted by Gasteiger charge is 2.11. The van der Waals surface area contributed by atoms with Crippen molar-refractivity contribution >= 4 is 17.6 Å². The van der Waals surface area contributed by atoms with Gasteiger partial charge in [-0.3, -0.25) is 4.79 Å². The second-order valence-corrected chi connectivity index (χ2v) is 6.10. The van der Waals surface area contributed by atoms with Crippen LogP contribution in [-0.2, 0) is 9.53 Å². The van der Waals surface area contributed by atoms with Crippen LogP contribution in [-0.4, -0.2) is 23.8 Å². The molecule has 2 aromatic rings. The van der Waals surface area contributed by atoms with E-state index in [0.29, 0.717) is 10.8 Å². The maximum Gasteiger partial charge on any atom is 0.309 e. The van der Waals surface area contributed by atoms with Gasteiger partial charge in [0.25, 0.3) is 0 Å². The molecule has 24 heavy (non-hydrogen) atoms. The number of ether oxygens (including phenoxy) is 2. The van der Waals surface area contributed by atoms with Crippen molar-refractivity contribution in [3.05, 3.63) is 64.7 Å². The minimum Gasteiger partial charge on any atom is -0.493 e. The molecule has 0 amide bonds. The average molecular weight is 349 g/mol. The lowest BCUT2D eigenvalue weighted by molar-refractivity contribution is -0.147. The van der Waals surface area contributed by atoms with Crippen molar-refractivity contribution < 1.29 is 19.4 Å². The zero-order valence-electron chi connectivity index (χ0n) is 13.7. The molecule has 0 saturated carbocycles. The molecule has 5 heteroatoms. The monoisotopic (exact) mass is 348 g/mol. The smallest absolute Gasteiger partial charge is 0.309 e. The van der Waals surface area contributed by atoms with E-state index < -0.39 is 6.10 Å². The van der Waals surface area contributed by atoms with E-state index in [-0.39, 0.29) is 25.1 Å². The van der Waals surface area contributed by atoms with Gasteiger partial charge in [-0.25, -0.2) is 0 Å². The Kier molecular flexibility index (Phi) is 6.64. The van der Waals surface area contributed by atoms with Crippen molar-refractivity contribution in [1.82, 2.24) is 0 Å². The molecule has 1 unspecified atom stereocenters. The lowest BCUT2D eigenvalue weighted by Gasteiger charge is -2.13. The molecule has 4 nitrogen and oxygen atoms in total. The third-order valence-corrected chi connectivity index (χ3v) is 3.58. The van der Waals surface area contributed by atoms with Gasteiger partial charge in [-0.15, -0.1) is 0 Å². The summed E-state index contributed by atoms with van der Waals surface area (Å²) >= 11 is 5.85. The quantitative estimate of drug-likeness (QED) is 0.764. The van der Waals surface area contributed by atoms with Gasteiger partial charge in [0, 0.05) is 5.02 Å². The standard InChI is InChI=1S/C19H21ClO4/c1-13(2)24-18(21)11-12-23-17-9-5-15(6-10-17)19(22)14-3-7-16(20)8-4-14/h3-10,13,19,22H,11-12H2,1-2H3. The van der Waals surface area contributed by atoms with Gasteiger partial charge in [0.05, 0.1) is 19.1 Å². The Morgan fingerprint density at radius 2 is 1.58 bits per heavy atom. The molecule has 0 aliphatic heterocycles. The molecule has 0 bridgehead atoms. The first-order chi connectivity index (χ1) is 11.5. The zero-order chi connectivity index (χ0) is 17.5. The van der Waals surface area contributed by atoms with Crippen LogP contribution in [0.4, 0.5) is 0 Å². The first-order valence-corrected chi connectivity index (χ1v) is 8.19. The van der Waals surface area contributed by atoms with Crippen LogP contribution in [0.25, 0.3) is 0 Å². The summed E-state index contributed by atoms with van der Waals surface area (Å²) in [6.45, 7) is 3.87. The molecular formula is C19H21ClO4. The van der Waals surface area contributed by atoms with Gasteiger partial charge in [-0.05, 0) is 49.2 Å². The van der Waals surface area contributed by atoms with E-state index in [9.17, 15) is 9.90 Å². The van der Waals surface area contributed by atoms with Gasteiger partial charge < -0.3 is 14.6 Å². The highest BCUT2D eigenvalue weighted by atomic mass is 35.5. The van der Waals surface area contributed by atoms with Crippen LogP contribution in [0.2, 0.25) is 5.02 Å². The molecule has 1 N–H and O–H groups in total. The number of esters is 1. The maximum atomic E-state index is 11.4. The van der Waals surface area contributed by atoms with Crippen molar-refractivity contribution in [2.75, 3.05) is 6.61 Å². The van der Waals surface area contributed by atoms with E-state index in [1.165, 1.54) is 0 Å². The Balaban J connectivity index is 1.88. The molecular weight excluding hydrogens is 328 g/mol. The number of benzene rings is 2. The molecule has 0 fully saturated rings. The Labute approximate surface area is 147 Å². The van der Waals surface area contributed by atoms with Crippen molar-refractivity contribution in [1.29, 1.82) is 0 Å². The Bertz CT molecular complexity index is 650. The minimum atomic E-state index is -0.725. The van der Waals surface area contributed by atoms with E-state index in [1.54, 1.807) is 48.5 Å².